The lowest BCUT2D eigenvalue weighted by Crippen LogP contribution is -2.35. The molecule has 2 fully saturated rings. The largest absolute Gasteiger partial charge is 0.381 e. The fraction of sp³-hybridized carbons (Fsp3) is 0.632. The molecule has 0 aromatic carbocycles. The minimum Gasteiger partial charge on any atom is -0.381 e. The van der Waals surface area contributed by atoms with Crippen LogP contribution in [0, 0.1) is 5.41 Å². The molecule has 1 spiro atoms. The van der Waals surface area contributed by atoms with Crippen molar-refractivity contribution >= 4 is 11.6 Å². The van der Waals surface area contributed by atoms with E-state index in [0.29, 0.717) is 5.56 Å². The zero-order valence-electron chi connectivity index (χ0n) is 15.3. The number of hydrogen-bond donors (Lipinski definition) is 0. The van der Waals surface area contributed by atoms with Gasteiger partial charge in [-0.25, -0.2) is 0 Å². The Balaban J connectivity index is 1.60. The second kappa shape index (κ2) is 5.80. The number of amides is 1. The molecular weight excluding hydrogens is 316 g/mol. The average Bonchev–Trinajstić information content (AvgIpc) is 3.18. The summed E-state index contributed by atoms with van der Waals surface area (Å²) in [5, 5.41) is 8.53. The Morgan fingerprint density at radius 2 is 1.92 bits per heavy atom. The van der Waals surface area contributed by atoms with Crippen LogP contribution in [0.5, 0.6) is 0 Å². The molecule has 0 aliphatic carbocycles. The quantitative estimate of drug-likeness (QED) is 0.799. The van der Waals surface area contributed by atoms with Gasteiger partial charge in [0.1, 0.15) is 5.82 Å². The van der Waals surface area contributed by atoms with E-state index in [-0.39, 0.29) is 16.7 Å². The summed E-state index contributed by atoms with van der Waals surface area (Å²) in [6.45, 7) is 9.65. The predicted octanol–water partition coefficient (Wildman–Crippen LogP) is 2.67. The van der Waals surface area contributed by atoms with Gasteiger partial charge >= 0.3 is 0 Å². The molecular formula is C19H26N4O2. The number of fused-ring (bicyclic) bond motifs is 1. The Hall–Kier alpha value is -1.95. The van der Waals surface area contributed by atoms with Crippen molar-refractivity contribution in [3.05, 3.63) is 29.7 Å². The van der Waals surface area contributed by atoms with Gasteiger partial charge in [-0.1, -0.05) is 20.8 Å². The summed E-state index contributed by atoms with van der Waals surface area (Å²) in [4.78, 5) is 15.0. The highest BCUT2D eigenvalue weighted by atomic mass is 16.5. The summed E-state index contributed by atoms with van der Waals surface area (Å²) in [6.07, 6.45) is 5.11. The maximum Gasteiger partial charge on any atom is 0.255 e. The first-order chi connectivity index (χ1) is 11.9. The van der Waals surface area contributed by atoms with E-state index < -0.39 is 0 Å². The molecule has 0 N–H and O–H groups in total. The summed E-state index contributed by atoms with van der Waals surface area (Å²) in [7, 11) is 0. The van der Waals surface area contributed by atoms with Crippen molar-refractivity contribution in [2.24, 2.45) is 5.41 Å². The summed E-state index contributed by atoms with van der Waals surface area (Å²) in [6, 6.07) is 3.75. The monoisotopic (exact) mass is 342 g/mol. The first-order valence-electron chi connectivity index (χ1n) is 9.10. The van der Waals surface area contributed by atoms with Gasteiger partial charge in [0.2, 0.25) is 0 Å². The van der Waals surface area contributed by atoms with Crippen molar-refractivity contribution in [2.45, 2.75) is 45.4 Å². The van der Waals surface area contributed by atoms with Crippen LogP contribution in [-0.4, -0.2) is 51.7 Å². The smallest absolute Gasteiger partial charge is 0.255 e. The minimum atomic E-state index is -0.124. The second-order valence-electron chi connectivity index (χ2n) is 8.51. The van der Waals surface area contributed by atoms with Crippen molar-refractivity contribution < 1.29 is 9.53 Å². The molecule has 25 heavy (non-hydrogen) atoms. The van der Waals surface area contributed by atoms with Crippen molar-refractivity contribution in [1.82, 2.24) is 19.5 Å². The van der Waals surface area contributed by atoms with Crippen LogP contribution in [0.2, 0.25) is 0 Å². The molecule has 1 amide bonds. The molecule has 2 aliphatic heterocycles. The number of likely N-dealkylation sites (tertiary alicyclic amines) is 1. The SMILES string of the molecule is CC(C)(C)c1nnc2ccc(C(=O)N3CCC4(CCOCC4)C3)cn12. The summed E-state index contributed by atoms with van der Waals surface area (Å²) >= 11 is 0. The second-order valence-corrected chi connectivity index (χ2v) is 8.51. The van der Waals surface area contributed by atoms with Crippen LogP contribution in [0.15, 0.2) is 18.3 Å². The van der Waals surface area contributed by atoms with Gasteiger partial charge < -0.3 is 9.64 Å². The van der Waals surface area contributed by atoms with Crippen LogP contribution < -0.4 is 0 Å². The van der Waals surface area contributed by atoms with Crippen LogP contribution in [-0.2, 0) is 10.2 Å². The lowest BCUT2D eigenvalue weighted by molar-refractivity contribution is 0.0191. The summed E-state index contributed by atoms with van der Waals surface area (Å²) in [5.41, 5.74) is 1.64. The van der Waals surface area contributed by atoms with Gasteiger partial charge in [-0.05, 0) is 36.8 Å². The number of rotatable bonds is 1. The first kappa shape index (κ1) is 16.5. The van der Waals surface area contributed by atoms with E-state index in [1.54, 1.807) is 0 Å². The molecule has 0 unspecified atom stereocenters. The van der Waals surface area contributed by atoms with Gasteiger partial charge in [0.25, 0.3) is 5.91 Å². The normalized spacial score (nSPS) is 20.5. The number of carbonyl (C=O) groups is 1. The van der Waals surface area contributed by atoms with E-state index in [2.05, 4.69) is 31.0 Å². The van der Waals surface area contributed by atoms with E-state index in [4.69, 9.17) is 4.74 Å². The molecule has 134 valence electrons. The van der Waals surface area contributed by atoms with Crippen molar-refractivity contribution in [1.29, 1.82) is 0 Å². The molecule has 6 nitrogen and oxygen atoms in total. The number of nitrogens with zero attached hydrogens (tertiary/aromatic N) is 4. The van der Waals surface area contributed by atoms with E-state index in [9.17, 15) is 4.79 Å². The number of aromatic nitrogens is 3. The Labute approximate surface area is 148 Å². The van der Waals surface area contributed by atoms with Crippen LogP contribution in [0.4, 0.5) is 0 Å². The van der Waals surface area contributed by atoms with Gasteiger partial charge in [0, 0.05) is 37.9 Å². The van der Waals surface area contributed by atoms with Gasteiger partial charge in [0.05, 0.1) is 5.56 Å². The molecule has 2 aromatic rings. The van der Waals surface area contributed by atoms with Crippen LogP contribution in [0.3, 0.4) is 0 Å². The lowest BCUT2D eigenvalue weighted by Gasteiger charge is -2.33. The Morgan fingerprint density at radius 1 is 1.16 bits per heavy atom. The van der Waals surface area contributed by atoms with E-state index >= 15 is 0 Å². The molecule has 0 saturated carbocycles. The van der Waals surface area contributed by atoms with Gasteiger partial charge in [-0.15, -0.1) is 10.2 Å². The number of carbonyl (C=O) groups excluding carboxylic acids is 1. The Kier molecular flexibility index (Phi) is 3.83. The van der Waals surface area contributed by atoms with E-state index in [0.717, 1.165) is 57.0 Å². The van der Waals surface area contributed by atoms with E-state index in [1.807, 2.05) is 27.6 Å². The highest BCUT2D eigenvalue weighted by molar-refractivity contribution is 5.94. The zero-order valence-corrected chi connectivity index (χ0v) is 15.3. The third kappa shape index (κ3) is 2.92. The molecule has 0 atom stereocenters. The van der Waals surface area contributed by atoms with Crippen molar-refractivity contribution in [3.63, 3.8) is 0 Å². The fourth-order valence-corrected chi connectivity index (χ4v) is 4.03. The summed E-state index contributed by atoms with van der Waals surface area (Å²) in [5.74, 6) is 0.985. The molecule has 6 heteroatoms. The van der Waals surface area contributed by atoms with Crippen LogP contribution >= 0.6 is 0 Å². The van der Waals surface area contributed by atoms with Crippen molar-refractivity contribution in [3.8, 4) is 0 Å². The standard InChI is InChI=1S/C19H26N4O2/c1-18(2,3)17-21-20-15-5-4-14(12-23(15)17)16(24)22-9-6-19(13-22)7-10-25-11-8-19/h4-5,12H,6-11,13H2,1-3H3. The number of hydrogen-bond acceptors (Lipinski definition) is 4. The average molecular weight is 342 g/mol. The molecule has 0 radical (unpaired) electrons. The van der Waals surface area contributed by atoms with Gasteiger partial charge in [0.15, 0.2) is 5.65 Å². The Morgan fingerprint density at radius 3 is 2.64 bits per heavy atom. The zero-order chi connectivity index (χ0) is 17.7. The van der Waals surface area contributed by atoms with Crippen LogP contribution in [0.25, 0.3) is 5.65 Å². The molecule has 4 heterocycles. The number of pyridine rings is 1. The topological polar surface area (TPSA) is 59.7 Å². The molecule has 4 rings (SSSR count). The fourth-order valence-electron chi connectivity index (χ4n) is 4.03. The van der Waals surface area contributed by atoms with Gasteiger partial charge in [-0.3, -0.25) is 9.20 Å². The van der Waals surface area contributed by atoms with Gasteiger partial charge in [-0.2, -0.15) is 0 Å². The highest BCUT2D eigenvalue weighted by Crippen LogP contribution is 2.40. The molecule has 2 aromatic heterocycles. The maximum absolute atomic E-state index is 13.0. The predicted molar refractivity (Wildman–Crippen MR) is 94.7 cm³/mol. The molecule has 2 saturated heterocycles. The summed E-state index contributed by atoms with van der Waals surface area (Å²) < 4.78 is 7.45. The maximum atomic E-state index is 13.0. The highest BCUT2D eigenvalue weighted by Gasteiger charge is 2.41. The van der Waals surface area contributed by atoms with Crippen LogP contribution in [0.1, 0.15) is 56.2 Å². The third-order valence-corrected chi connectivity index (χ3v) is 5.60. The van der Waals surface area contributed by atoms with E-state index in [1.165, 1.54) is 0 Å². The third-order valence-electron chi connectivity index (χ3n) is 5.60. The first-order valence-corrected chi connectivity index (χ1v) is 9.10. The Bertz CT molecular complexity index is 799. The molecule has 0 bridgehead atoms. The lowest BCUT2D eigenvalue weighted by atomic mass is 9.80. The molecule has 2 aliphatic rings. The number of ether oxygens (including phenoxy) is 1. The minimum absolute atomic E-state index is 0.110. The van der Waals surface area contributed by atoms with Crippen molar-refractivity contribution in [2.75, 3.05) is 26.3 Å².